The fourth-order valence-electron chi connectivity index (χ4n) is 2.14. The molecule has 0 saturated carbocycles. The van der Waals surface area contributed by atoms with Crippen LogP contribution in [0.2, 0.25) is 20.1 Å². The first-order valence-electron chi connectivity index (χ1n) is 7.84. The van der Waals surface area contributed by atoms with Crippen molar-refractivity contribution in [2.75, 3.05) is 13.1 Å². The second kappa shape index (κ2) is 10.5. The Hall–Kier alpha value is -1.79. The van der Waals surface area contributed by atoms with Crippen LogP contribution in [-0.2, 0) is 6.42 Å². The number of nitrogens with zero attached hydrogens (tertiary/aromatic N) is 2. The van der Waals surface area contributed by atoms with Gasteiger partial charge in [-0.25, -0.2) is 0 Å². The van der Waals surface area contributed by atoms with E-state index in [0.29, 0.717) is 44.3 Å². The molecule has 0 aliphatic heterocycles. The Balaban J connectivity index is 1.85. The third-order valence-electron chi connectivity index (χ3n) is 3.47. The summed E-state index contributed by atoms with van der Waals surface area (Å²) in [7, 11) is 0. The highest BCUT2D eigenvalue weighted by atomic mass is 35.5. The number of nitrogens with one attached hydrogen (secondary N) is 1. The lowest BCUT2D eigenvalue weighted by Gasteiger charge is -2.06. The summed E-state index contributed by atoms with van der Waals surface area (Å²) in [6.45, 7) is 0.630. The highest BCUT2D eigenvalue weighted by Gasteiger charge is 2.08. The normalized spacial score (nSPS) is 11.8. The monoisotopic (exact) mass is 444 g/mol. The number of carbonyl (C=O) groups excluding carboxylic acids is 1. The molecule has 0 fully saturated rings. The van der Waals surface area contributed by atoms with E-state index in [1.165, 1.54) is 18.3 Å². The molecule has 0 bridgehead atoms. The zero-order chi connectivity index (χ0) is 19.8. The van der Waals surface area contributed by atoms with E-state index >= 15 is 0 Å². The van der Waals surface area contributed by atoms with Gasteiger partial charge in [0.1, 0.15) is 0 Å². The molecule has 0 unspecified atom stereocenters. The van der Waals surface area contributed by atoms with Crippen molar-refractivity contribution in [1.82, 2.24) is 5.32 Å². The van der Waals surface area contributed by atoms with Gasteiger partial charge in [-0.2, -0.15) is 5.10 Å². The molecule has 142 valence electrons. The largest absolute Gasteiger partial charge is 0.346 e. The van der Waals surface area contributed by atoms with E-state index in [2.05, 4.69) is 15.4 Å². The molecule has 2 aromatic carbocycles. The SMILES string of the molecule is N/N=C(\C=NCCc1ccc(Cl)c(Cl)c1)CNC(=O)c1cc(Cl)cc(Cl)c1. The average molecular weight is 446 g/mol. The predicted molar refractivity (Wildman–Crippen MR) is 114 cm³/mol. The zero-order valence-electron chi connectivity index (χ0n) is 14.1. The molecule has 27 heavy (non-hydrogen) atoms. The van der Waals surface area contributed by atoms with E-state index in [1.807, 2.05) is 6.07 Å². The van der Waals surface area contributed by atoms with Gasteiger partial charge in [0.05, 0.1) is 22.3 Å². The zero-order valence-corrected chi connectivity index (χ0v) is 17.1. The van der Waals surface area contributed by atoms with Gasteiger partial charge >= 0.3 is 0 Å². The van der Waals surface area contributed by atoms with Gasteiger partial charge in [-0.1, -0.05) is 52.5 Å². The average Bonchev–Trinajstić information content (AvgIpc) is 2.63. The van der Waals surface area contributed by atoms with Gasteiger partial charge in [-0.15, -0.1) is 0 Å². The molecule has 0 atom stereocenters. The van der Waals surface area contributed by atoms with Crippen molar-refractivity contribution >= 4 is 64.2 Å². The third-order valence-corrected chi connectivity index (χ3v) is 4.65. The Morgan fingerprint density at radius 1 is 1.04 bits per heavy atom. The minimum atomic E-state index is -0.343. The van der Waals surface area contributed by atoms with Gasteiger partial charge in [0.2, 0.25) is 0 Å². The summed E-state index contributed by atoms with van der Waals surface area (Å²) in [6, 6.07) is 10.0. The number of hydrazone groups is 1. The summed E-state index contributed by atoms with van der Waals surface area (Å²) in [4.78, 5) is 16.4. The first-order chi connectivity index (χ1) is 12.9. The Morgan fingerprint density at radius 3 is 2.37 bits per heavy atom. The van der Waals surface area contributed by atoms with Crippen LogP contribution in [0.15, 0.2) is 46.5 Å². The van der Waals surface area contributed by atoms with E-state index in [9.17, 15) is 4.79 Å². The predicted octanol–water partition coefficient (Wildman–Crippen LogP) is 4.66. The molecule has 0 heterocycles. The van der Waals surface area contributed by atoms with Crippen molar-refractivity contribution in [3.05, 3.63) is 67.6 Å². The molecule has 3 N–H and O–H groups in total. The summed E-state index contributed by atoms with van der Waals surface area (Å²) >= 11 is 23.6. The highest BCUT2D eigenvalue weighted by molar-refractivity contribution is 6.42. The van der Waals surface area contributed by atoms with Gasteiger partial charge in [-0.05, 0) is 42.3 Å². The third kappa shape index (κ3) is 7.03. The number of amides is 1. The van der Waals surface area contributed by atoms with Crippen LogP contribution in [0.25, 0.3) is 0 Å². The van der Waals surface area contributed by atoms with Crippen LogP contribution < -0.4 is 11.2 Å². The summed E-state index contributed by atoms with van der Waals surface area (Å²) in [5, 5.41) is 8.08. The van der Waals surface area contributed by atoms with Crippen LogP contribution in [0.4, 0.5) is 0 Å². The van der Waals surface area contributed by atoms with Crippen LogP contribution in [0.5, 0.6) is 0 Å². The number of benzene rings is 2. The molecule has 0 saturated heterocycles. The van der Waals surface area contributed by atoms with E-state index < -0.39 is 0 Å². The minimum Gasteiger partial charge on any atom is -0.346 e. The molecule has 2 aromatic rings. The van der Waals surface area contributed by atoms with Crippen molar-refractivity contribution in [3.63, 3.8) is 0 Å². The first-order valence-corrected chi connectivity index (χ1v) is 9.35. The van der Waals surface area contributed by atoms with Gasteiger partial charge in [0.25, 0.3) is 5.91 Å². The van der Waals surface area contributed by atoms with E-state index in [-0.39, 0.29) is 12.5 Å². The standard InChI is InChI=1S/C18H16Cl4N4O/c19-13-6-12(7-14(20)8-13)18(27)25-10-15(26-23)9-24-4-3-11-1-2-16(21)17(22)5-11/h1-2,5-9H,3-4,10,23H2,(H,25,27)/b24-9?,26-15+. The lowest BCUT2D eigenvalue weighted by molar-refractivity contribution is 0.0959. The molecule has 0 spiro atoms. The quantitative estimate of drug-likeness (QED) is 0.369. The molecule has 0 aliphatic carbocycles. The first kappa shape index (κ1) is 21.5. The molecule has 2 rings (SSSR count). The van der Waals surface area contributed by atoms with Crippen LogP contribution >= 0.6 is 46.4 Å². The summed E-state index contributed by atoms with van der Waals surface area (Å²) in [6.07, 6.45) is 2.20. The van der Waals surface area contributed by atoms with Crippen molar-refractivity contribution < 1.29 is 4.79 Å². The molecular formula is C18H16Cl4N4O. The summed E-state index contributed by atoms with van der Waals surface area (Å²) in [5.41, 5.74) is 1.78. The number of aliphatic imine (C=N–C) groups is 1. The summed E-state index contributed by atoms with van der Waals surface area (Å²) < 4.78 is 0. The van der Waals surface area contributed by atoms with Crippen molar-refractivity contribution in [2.24, 2.45) is 15.9 Å². The van der Waals surface area contributed by atoms with Gasteiger partial charge in [0.15, 0.2) is 0 Å². The Kier molecular flexibility index (Phi) is 8.38. The second-order valence-electron chi connectivity index (χ2n) is 5.49. The molecule has 1 amide bonds. The topological polar surface area (TPSA) is 79.8 Å². The van der Waals surface area contributed by atoms with E-state index in [0.717, 1.165) is 5.56 Å². The number of hydrogen-bond donors (Lipinski definition) is 2. The Morgan fingerprint density at radius 2 is 1.74 bits per heavy atom. The highest BCUT2D eigenvalue weighted by Crippen LogP contribution is 2.22. The van der Waals surface area contributed by atoms with Crippen molar-refractivity contribution in [3.8, 4) is 0 Å². The Labute approximate surface area is 177 Å². The van der Waals surface area contributed by atoms with Crippen molar-refractivity contribution in [2.45, 2.75) is 6.42 Å². The number of hydrogen-bond acceptors (Lipinski definition) is 4. The molecule has 0 aliphatic rings. The smallest absolute Gasteiger partial charge is 0.251 e. The maximum absolute atomic E-state index is 12.2. The molecule has 0 radical (unpaired) electrons. The second-order valence-corrected chi connectivity index (χ2v) is 7.18. The number of nitrogens with two attached hydrogens (primary N) is 1. The van der Waals surface area contributed by atoms with Crippen LogP contribution in [0.3, 0.4) is 0 Å². The molecule has 9 heteroatoms. The number of halogens is 4. The van der Waals surface area contributed by atoms with Crippen molar-refractivity contribution in [1.29, 1.82) is 0 Å². The number of rotatable bonds is 7. The van der Waals surface area contributed by atoms with Gasteiger partial charge < -0.3 is 11.2 Å². The maximum atomic E-state index is 12.2. The molecular weight excluding hydrogens is 430 g/mol. The molecule has 5 nitrogen and oxygen atoms in total. The minimum absolute atomic E-state index is 0.121. The number of carbonyl (C=O) groups is 1. The van der Waals surface area contributed by atoms with Crippen LogP contribution in [-0.4, -0.2) is 30.9 Å². The fourth-order valence-corrected chi connectivity index (χ4v) is 2.99. The lowest BCUT2D eigenvalue weighted by Crippen LogP contribution is -2.30. The Bertz CT molecular complexity index is 863. The molecule has 0 aromatic heterocycles. The van der Waals surface area contributed by atoms with Crippen LogP contribution in [0, 0.1) is 0 Å². The van der Waals surface area contributed by atoms with Gasteiger partial charge in [0, 0.05) is 28.4 Å². The van der Waals surface area contributed by atoms with E-state index in [4.69, 9.17) is 52.2 Å². The van der Waals surface area contributed by atoms with Crippen LogP contribution in [0.1, 0.15) is 15.9 Å². The fraction of sp³-hybridized carbons (Fsp3) is 0.167. The van der Waals surface area contributed by atoms with Gasteiger partial charge in [-0.3, -0.25) is 9.79 Å². The lowest BCUT2D eigenvalue weighted by atomic mass is 10.1. The summed E-state index contributed by atoms with van der Waals surface area (Å²) in [5.74, 6) is 5.00. The maximum Gasteiger partial charge on any atom is 0.251 e. The van der Waals surface area contributed by atoms with E-state index in [1.54, 1.807) is 18.2 Å².